The maximum Gasteiger partial charge on any atom is 0.341 e. The van der Waals surface area contributed by atoms with Crippen LogP contribution in [0.15, 0.2) is 36.8 Å². The first-order chi connectivity index (χ1) is 16.5. The average Bonchev–Trinajstić information content (AvgIpc) is 3.43. The summed E-state index contributed by atoms with van der Waals surface area (Å²) in [7, 11) is 0. The summed E-state index contributed by atoms with van der Waals surface area (Å²) in [6.45, 7) is 3.27. The average molecular weight is 462 g/mol. The lowest BCUT2D eigenvalue weighted by Crippen LogP contribution is -2.51. The van der Waals surface area contributed by atoms with E-state index in [1.54, 1.807) is 17.8 Å². The topological polar surface area (TPSA) is 90.5 Å². The number of carbonyl (C=O) groups excluding carboxylic acids is 2. The molecule has 4 saturated carbocycles. The highest BCUT2D eigenvalue weighted by atomic mass is 16.5. The summed E-state index contributed by atoms with van der Waals surface area (Å²) < 4.78 is 8.53. The molecule has 0 aromatic carbocycles. The standard InChI is InChI=1S/C26H31N5O3/c1-2-34-25(33)20-12-28-30(13-20)14-21-15-31-22(4-3-5-23(31)29-21)24(32)27-16-26-9-17-6-18(10-26)8-19(7-17)11-26/h3-5,12-13,15,17-19H,2,6-11,14,16H2,1H3,(H,27,32). The van der Waals surface area contributed by atoms with Gasteiger partial charge in [0.05, 0.1) is 30.6 Å². The van der Waals surface area contributed by atoms with E-state index in [1.165, 1.54) is 44.7 Å². The first kappa shape index (κ1) is 21.4. The van der Waals surface area contributed by atoms with Gasteiger partial charge in [-0.15, -0.1) is 0 Å². The SMILES string of the molecule is CCOC(=O)c1cnn(Cc2cn3c(C(=O)NCC45CC6CC(CC(C6)C4)C5)cccc3n2)c1. The van der Waals surface area contributed by atoms with Crippen LogP contribution in [0, 0.1) is 23.2 Å². The minimum absolute atomic E-state index is 0.0472. The van der Waals surface area contributed by atoms with E-state index in [0.717, 1.165) is 35.6 Å². The highest BCUT2D eigenvalue weighted by Crippen LogP contribution is 2.59. The van der Waals surface area contributed by atoms with Crippen LogP contribution in [0.4, 0.5) is 0 Å². The van der Waals surface area contributed by atoms with Crippen molar-refractivity contribution >= 4 is 17.5 Å². The van der Waals surface area contributed by atoms with Crippen LogP contribution in [-0.4, -0.2) is 44.2 Å². The van der Waals surface area contributed by atoms with E-state index in [9.17, 15) is 9.59 Å². The Labute approximate surface area is 198 Å². The van der Waals surface area contributed by atoms with Gasteiger partial charge in [0, 0.05) is 18.9 Å². The largest absolute Gasteiger partial charge is 0.462 e. The molecule has 3 heterocycles. The van der Waals surface area contributed by atoms with Crippen LogP contribution in [0.1, 0.15) is 72.0 Å². The minimum atomic E-state index is -0.387. The number of ether oxygens (including phenoxy) is 1. The molecule has 178 valence electrons. The van der Waals surface area contributed by atoms with Crippen molar-refractivity contribution < 1.29 is 14.3 Å². The van der Waals surface area contributed by atoms with Crippen molar-refractivity contribution in [1.29, 1.82) is 0 Å². The van der Waals surface area contributed by atoms with Crippen molar-refractivity contribution in [1.82, 2.24) is 24.5 Å². The number of rotatable bonds is 7. The second kappa shape index (κ2) is 8.25. The van der Waals surface area contributed by atoms with Gasteiger partial charge >= 0.3 is 5.97 Å². The Hall–Kier alpha value is -3.16. The molecule has 0 radical (unpaired) electrons. The van der Waals surface area contributed by atoms with E-state index in [4.69, 9.17) is 4.74 Å². The fraction of sp³-hybridized carbons (Fsp3) is 0.538. The van der Waals surface area contributed by atoms with Crippen molar-refractivity contribution in [2.75, 3.05) is 13.2 Å². The predicted octanol–water partition coefficient (Wildman–Crippen LogP) is 3.70. The quantitative estimate of drug-likeness (QED) is 0.542. The van der Waals surface area contributed by atoms with Crippen LogP contribution in [0.2, 0.25) is 0 Å². The smallest absolute Gasteiger partial charge is 0.341 e. The van der Waals surface area contributed by atoms with Gasteiger partial charge in [0.15, 0.2) is 0 Å². The molecule has 7 rings (SSSR count). The van der Waals surface area contributed by atoms with Gasteiger partial charge in [0.2, 0.25) is 0 Å². The Balaban J connectivity index is 1.16. The number of fused-ring (bicyclic) bond motifs is 1. The van der Waals surface area contributed by atoms with Crippen molar-refractivity contribution in [3.05, 3.63) is 53.7 Å². The Bertz CT molecular complexity index is 1210. The second-order valence-corrected chi connectivity index (χ2v) is 10.6. The number of hydrogen-bond donors (Lipinski definition) is 1. The van der Waals surface area contributed by atoms with Gasteiger partial charge in [-0.3, -0.25) is 13.9 Å². The molecule has 4 aliphatic rings. The lowest BCUT2D eigenvalue weighted by molar-refractivity contribution is -0.0503. The molecule has 0 atom stereocenters. The molecule has 34 heavy (non-hydrogen) atoms. The predicted molar refractivity (Wildman–Crippen MR) is 125 cm³/mol. The lowest BCUT2D eigenvalue weighted by atomic mass is 9.49. The van der Waals surface area contributed by atoms with Crippen LogP contribution >= 0.6 is 0 Å². The molecule has 0 saturated heterocycles. The van der Waals surface area contributed by atoms with E-state index < -0.39 is 0 Å². The third-order valence-electron chi connectivity index (χ3n) is 8.03. The van der Waals surface area contributed by atoms with Crippen LogP contribution in [0.3, 0.4) is 0 Å². The van der Waals surface area contributed by atoms with Crippen molar-refractivity contribution in [2.45, 2.75) is 52.0 Å². The van der Waals surface area contributed by atoms with Crippen LogP contribution in [0.5, 0.6) is 0 Å². The zero-order chi connectivity index (χ0) is 23.3. The second-order valence-electron chi connectivity index (χ2n) is 10.6. The highest BCUT2D eigenvalue weighted by Gasteiger charge is 2.50. The van der Waals surface area contributed by atoms with Gasteiger partial charge in [0.1, 0.15) is 11.3 Å². The van der Waals surface area contributed by atoms with Gasteiger partial charge in [-0.1, -0.05) is 6.07 Å². The summed E-state index contributed by atoms with van der Waals surface area (Å²) in [5.74, 6) is 2.18. The Morgan fingerprint density at radius 3 is 2.56 bits per heavy atom. The van der Waals surface area contributed by atoms with Gasteiger partial charge in [-0.2, -0.15) is 5.10 Å². The molecule has 4 bridgehead atoms. The van der Waals surface area contributed by atoms with Gasteiger partial charge in [-0.05, 0) is 80.8 Å². The van der Waals surface area contributed by atoms with Crippen LogP contribution < -0.4 is 5.32 Å². The molecule has 1 N–H and O–H groups in total. The molecule has 1 amide bonds. The number of pyridine rings is 1. The Morgan fingerprint density at radius 2 is 1.85 bits per heavy atom. The van der Waals surface area contributed by atoms with E-state index >= 15 is 0 Å². The zero-order valence-electron chi connectivity index (χ0n) is 19.6. The third kappa shape index (κ3) is 3.89. The van der Waals surface area contributed by atoms with Gasteiger partial charge in [0.25, 0.3) is 5.91 Å². The molecule has 0 aliphatic heterocycles. The third-order valence-corrected chi connectivity index (χ3v) is 8.03. The summed E-state index contributed by atoms with van der Waals surface area (Å²) in [4.78, 5) is 29.8. The maximum absolute atomic E-state index is 13.2. The summed E-state index contributed by atoms with van der Waals surface area (Å²) >= 11 is 0. The first-order valence-corrected chi connectivity index (χ1v) is 12.4. The molecule has 0 spiro atoms. The fourth-order valence-corrected chi connectivity index (χ4v) is 7.12. The molecule has 0 unspecified atom stereocenters. The van der Waals surface area contributed by atoms with Crippen molar-refractivity contribution in [3.8, 4) is 0 Å². The fourth-order valence-electron chi connectivity index (χ4n) is 7.12. The summed E-state index contributed by atoms with van der Waals surface area (Å²) in [6, 6.07) is 5.62. The molecule has 3 aromatic rings. The van der Waals surface area contributed by atoms with E-state index in [0.29, 0.717) is 29.8 Å². The first-order valence-electron chi connectivity index (χ1n) is 12.4. The molecule has 4 aliphatic carbocycles. The van der Waals surface area contributed by atoms with Gasteiger partial charge in [-0.25, -0.2) is 9.78 Å². The van der Waals surface area contributed by atoms with Crippen molar-refractivity contribution in [3.63, 3.8) is 0 Å². The number of esters is 1. The maximum atomic E-state index is 13.2. The molecular formula is C26H31N5O3. The monoisotopic (exact) mass is 461 g/mol. The number of carbonyl (C=O) groups is 2. The number of nitrogens with one attached hydrogen (secondary N) is 1. The zero-order valence-corrected chi connectivity index (χ0v) is 19.6. The number of amides is 1. The highest BCUT2D eigenvalue weighted by molar-refractivity contribution is 5.93. The minimum Gasteiger partial charge on any atom is -0.462 e. The van der Waals surface area contributed by atoms with Gasteiger partial charge < -0.3 is 10.1 Å². The van der Waals surface area contributed by atoms with Crippen LogP contribution in [-0.2, 0) is 11.3 Å². The van der Waals surface area contributed by atoms with E-state index in [2.05, 4.69) is 15.4 Å². The molecular weight excluding hydrogens is 430 g/mol. The molecule has 3 aromatic heterocycles. The number of nitrogens with zero attached hydrogens (tertiary/aromatic N) is 4. The molecule has 8 heteroatoms. The summed E-state index contributed by atoms with van der Waals surface area (Å²) in [5, 5.41) is 7.53. The Morgan fingerprint density at radius 1 is 1.12 bits per heavy atom. The number of aromatic nitrogens is 4. The summed E-state index contributed by atoms with van der Waals surface area (Å²) in [5.41, 5.74) is 2.79. The van der Waals surface area contributed by atoms with Crippen molar-refractivity contribution in [2.24, 2.45) is 23.2 Å². The lowest BCUT2D eigenvalue weighted by Gasteiger charge is -2.56. The van der Waals surface area contributed by atoms with E-state index in [-0.39, 0.29) is 11.9 Å². The molecule has 8 nitrogen and oxygen atoms in total. The van der Waals surface area contributed by atoms with E-state index in [1.807, 2.05) is 28.8 Å². The number of hydrogen-bond acceptors (Lipinski definition) is 5. The molecule has 4 fully saturated rings. The normalized spacial score (nSPS) is 27.3. The van der Waals surface area contributed by atoms with Crippen LogP contribution in [0.25, 0.3) is 5.65 Å². The summed E-state index contributed by atoms with van der Waals surface area (Å²) in [6.07, 6.45) is 13.1. The Kier molecular flexibility index (Phi) is 5.19. The number of imidazole rings is 1.